The molecule has 0 amide bonds. The van der Waals surface area contributed by atoms with Crippen LogP contribution in [0.2, 0.25) is 0 Å². The molecule has 98 valence electrons. The number of rotatable bonds is 4. The van der Waals surface area contributed by atoms with Crippen molar-refractivity contribution in [2.75, 3.05) is 6.61 Å². The first-order valence-corrected chi connectivity index (χ1v) is 6.39. The zero-order valence-electron chi connectivity index (χ0n) is 11.1. The summed E-state index contributed by atoms with van der Waals surface area (Å²) < 4.78 is 4.87. The van der Waals surface area contributed by atoms with E-state index in [4.69, 9.17) is 4.74 Å². The highest BCUT2D eigenvalue weighted by Crippen LogP contribution is 2.40. The fraction of sp³-hybridized carbons (Fsp3) is 0.500. The summed E-state index contributed by atoms with van der Waals surface area (Å²) in [4.78, 5) is 26.2. The lowest BCUT2D eigenvalue weighted by atomic mass is 10.1. The molecule has 0 radical (unpaired) electrons. The lowest BCUT2D eigenvalue weighted by Gasteiger charge is -2.04. The average molecular weight is 249 g/mol. The van der Waals surface area contributed by atoms with Gasteiger partial charge in [-0.15, -0.1) is 0 Å². The molecular weight excluding hydrogens is 230 g/mol. The van der Waals surface area contributed by atoms with Gasteiger partial charge < -0.3 is 4.74 Å². The van der Waals surface area contributed by atoms with E-state index in [0.717, 1.165) is 18.4 Å². The maximum absolute atomic E-state index is 11.5. The molecule has 0 unspecified atom stereocenters. The Labute approximate surface area is 107 Å². The van der Waals surface area contributed by atoms with E-state index in [1.165, 1.54) is 0 Å². The molecule has 1 fully saturated rings. The number of hydrogen-bond donors (Lipinski definition) is 0. The van der Waals surface area contributed by atoms with Crippen molar-refractivity contribution in [2.45, 2.75) is 39.5 Å². The fourth-order valence-corrected chi connectivity index (χ4v) is 1.60. The predicted molar refractivity (Wildman–Crippen MR) is 68.9 cm³/mol. The summed E-state index contributed by atoms with van der Waals surface area (Å²) in [6, 6.07) is 3.47. The largest absolute Gasteiger partial charge is 0.461 e. The van der Waals surface area contributed by atoms with Gasteiger partial charge in [0.2, 0.25) is 0 Å². The van der Waals surface area contributed by atoms with Crippen molar-refractivity contribution in [1.82, 2.24) is 4.98 Å². The highest BCUT2D eigenvalue weighted by Gasteiger charge is 2.25. The lowest BCUT2D eigenvalue weighted by molar-refractivity contribution is 0.0519. The summed E-state index contributed by atoms with van der Waals surface area (Å²) in [5, 5.41) is 0. The molecule has 1 saturated carbocycles. The van der Waals surface area contributed by atoms with Crippen molar-refractivity contribution < 1.29 is 14.3 Å². The van der Waals surface area contributed by atoms with Crippen molar-refractivity contribution in [2.24, 2.45) is 0 Å². The Morgan fingerprint density at radius 3 is 2.61 bits per heavy atom. The molecule has 0 aliphatic heterocycles. The fourth-order valence-electron chi connectivity index (χ4n) is 1.60. The van der Waals surface area contributed by atoms with E-state index in [0.29, 0.717) is 24.5 Å². The van der Waals surface area contributed by atoms with Crippen LogP contribution in [-0.2, 0) is 4.74 Å². The van der Waals surface area contributed by atoms with Crippen LogP contribution >= 0.6 is 0 Å². The lowest BCUT2D eigenvalue weighted by Crippen LogP contribution is -2.09. The Kier molecular flexibility index (Phi) is 5.49. The first kappa shape index (κ1) is 14.4. The molecule has 4 heteroatoms. The third-order valence-electron chi connectivity index (χ3n) is 2.52. The van der Waals surface area contributed by atoms with Gasteiger partial charge in [-0.05, 0) is 43.4 Å². The van der Waals surface area contributed by atoms with Crippen LogP contribution < -0.4 is 0 Å². The van der Waals surface area contributed by atoms with E-state index in [1.807, 2.05) is 13.8 Å². The second-order valence-corrected chi connectivity index (χ2v) is 3.82. The molecule has 0 bridgehead atoms. The van der Waals surface area contributed by atoms with Crippen LogP contribution in [0.5, 0.6) is 0 Å². The normalized spacial score (nSPS) is 13.3. The van der Waals surface area contributed by atoms with Gasteiger partial charge in [-0.1, -0.05) is 13.8 Å². The number of carbonyl (C=O) groups excluding carboxylic acids is 2. The Balaban J connectivity index is 0.000000771. The minimum absolute atomic E-state index is 0.230. The molecule has 0 atom stereocenters. The molecule has 1 aromatic rings. The van der Waals surface area contributed by atoms with Gasteiger partial charge in [-0.25, -0.2) is 9.78 Å². The molecule has 0 saturated heterocycles. The maximum Gasteiger partial charge on any atom is 0.356 e. The Bertz CT molecular complexity index is 425. The molecule has 0 spiro atoms. The third kappa shape index (κ3) is 3.65. The molecule has 1 aliphatic carbocycles. The summed E-state index contributed by atoms with van der Waals surface area (Å²) in [5.41, 5.74) is 1.54. The molecule has 1 heterocycles. The molecule has 0 N–H and O–H groups in total. The van der Waals surface area contributed by atoms with Gasteiger partial charge in [0.1, 0.15) is 11.4 Å². The monoisotopic (exact) mass is 249 g/mol. The number of nitrogens with zero attached hydrogens (tertiary/aromatic N) is 1. The summed E-state index contributed by atoms with van der Waals surface area (Å²) in [6.45, 7) is 6.05. The predicted octanol–water partition coefficient (Wildman–Crippen LogP) is 2.97. The number of hydrogen-bond acceptors (Lipinski definition) is 4. The average Bonchev–Trinajstić information content (AvgIpc) is 3.25. The van der Waals surface area contributed by atoms with Crippen LogP contribution in [0.4, 0.5) is 0 Å². The number of aromatic nitrogens is 1. The van der Waals surface area contributed by atoms with Gasteiger partial charge in [0.15, 0.2) is 6.29 Å². The van der Waals surface area contributed by atoms with Crippen molar-refractivity contribution in [3.8, 4) is 0 Å². The van der Waals surface area contributed by atoms with Crippen molar-refractivity contribution >= 4 is 12.3 Å². The molecule has 18 heavy (non-hydrogen) atoms. The number of carbonyl (C=O) groups is 2. The first-order chi connectivity index (χ1) is 8.74. The summed E-state index contributed by atoms with van der Waals surface area (Å²) >= 11 is 0. The van der Waals surface area contributed by atoms with E-state index < -0.39 is 5.97 Å². The summed E-state index contributed by atoms with van der Waals surface area (Å²) in [7, 11) is 0. The Hall–Kier alpha value is -1.71. The summed E-state index contributed by atoms with van der Waals surface area (Å²) in [5.74, 6) is 0.0166. The third-order valence-corrected chi connectivity index (χ3v) is 2.52. The van der Waals surface area contributed by atoms with Crippen LogP contribution in [0.1, 0.15) is 66.1 Å². The molecule has 2 rings (SSSR count). The van der Waals surface area contributed by atoms with E-state index >= 15 is 0 Å². The van der Waals surface area contributed by atoms with Crippen LogP contribution in [0, 0.1) is 0 Å². The topological polar surface area (TPSA) is 56.3 Å². The molecule has 1 aliphatic rings. The number of aldehydes is 1. The minimum Gasteiger partial charge on any atom is -0.461 e. The first-order valence-electron chi connectivity index (χ1n) is 6.39. The standard InChI is InChI=1S/C12H13NO3.C2H6/c1-2-16-12(15)11-6-9(8-3-4-8)5-10(7-14)13-11;1-2/h5-8H,2-4H2,1H3;1-2H3. The van der Waals surface area contributed by atoms with E-state index in [2.05, 4.69) is 4.98 Å². The van der Waals surface area contributed by atoms with Crippen LogP contribution in [0.25, 0.3) is 0 Å². The van der Waals surface area contributed by atoms with Crippen LogP contribution in [0.3, 0.4) is 0 Å². The van der Waals surface area contributed by atoms with Crippen molar-refractivity contribution in [1.29, 1.82) is 0 Å². The van der Waals surface area contributed by atoms with Crippen molar-refractivity contribution in [3.63, 3.8) is 0 Å². The second-order valence-electron chi connectivity index (χ2n) is 3.82. The SMILES string of the molecule is CC.CCOC(=O)c1cc(C2CC2)cc(C=O)n1. The van der Waals surface area contributed by atoms with Gasteiger partial charge in [-0.3, -0.25) is 4.79 Å². The van der Waals surface area contributed by atoms with Gasteiger partial charge >= 0.3 is 5.97 Å². The number of pyridine rings is 1. The number of ether oxygens (including phenoxy) is 1. The van der Waals surface area contributed by atoms with Crippen LogP contribution in [0.15, 0.2) is 12.1 Å². The second kappa shape index (κ2) is 6.89. The van der Waals surface area contributed by atoms with Gasteiger partial charge in [-0.2, -0.15) is 0 Å². The highest BCUT2D eigenvalue weighted by molar-refractivity contribution is 5.88. The highest BCUT2D eigenvalue weighted by atomic mass is 16.5. The van der Waals surface area contributed by atoms with Crippen LogP contribution in [-0.4, -0.2) is 23.8 Å². The zero-order valence-corrected chi connectivity index (χ0v) is 11.1. The Morgan fingerprint density at radius 2 is 2.11 bits per heavy atom. The van der Waals surface area contributed by atoms with E-state index in [1.54, 1.807) is 19.1 Å². The van der Waals surface area contributed by atoms with Gasteiger partial charge in [0.25, 0.3) is 0 Å². The number of esters is 1. The molecule has 4 nitrogen and oxygen atoms in total. The van der Waals surface area contributed by atoms with E-state index in [-0.39, 0.29) is 5.69 Å². The molecule has 0 aromatic carbocycles. The molecular formula is C14H19NO3. The van der Waals surface area contributed by atoms with Gasteiger partial charge in [0.05, 0.1) is 6.61 Å². The van der Waals surface area contributed by atoms with Gasteiger partial charge in [0, 0.05) is 0 Å². The zero-order chi connectivity index (χ0) is 13.5. The quantitative estimate of drug-likeness (QED) is 0.608. The van der Waals surface area contributed by atoms with E-state index in [9.17, 15) is 9.59 Å². The Morgan fingerprint density at radius 1 is 1.44 bits per heavy atom. The minimum atomic E-state index is -0.465. The summed E-state index contributed by atoms with van der Waals surface area (Å²) in [6.07, 6.45) is 2.89. The van der Waals surface area contributed by atoms with Crippen molar-refractivity contribution in [3.05, 3.63) is 29.1 Å². The molecule has 1 aromatic heterocycles. The maximum atomic E-state index is 11.5. The smallest absolute Gasteiger partial charge is 0.356 e.